The fourth-order valence-corrected chi connectivity index (χ4v) is 4.08. The Morgan fingerprint density at radius 2 is 1.75 bits per heavy atom. The summed E-state index contributed by atoms with van der Waals surface area (Å²) in [6.07, 6.45) is 0.989. The standard InChI is InChI=1S/C24H24N4O4/c1-17-10-11-25-28(17)19-8-6-18(7-9-19)23(29)27-16-22(24(30)26-12-14-31-15-13-26)32-21-5-3-2-4-20(21)27/h2-11,22H,12-16H2,1H3/t22-/m0/s1. The molecule has 0 aliphatic carbocycles. The summed E-state index contributed by atoms with van der Waals surface area (Å²) in [6, 6.07) is 16.6. The van der Waals surface area contributed by atoms with Gasteiger partial charge in [-0.3, -0.25) is 9.59 Å². The van der Waals surface area contributed by atoms with Crippen LogP contribution in [-0.4, -0.2) is 65.4 Å². The number of ether oxygens (including phenoxy) is 2. The molecular formula is C24H24N4O4. The summed E-state index contributed by atoms with van der Waals surface area (Å²) < 4.78 is 13.2. The fraction of sp³-hybridized carbons (Fsp3) is 0.292. The normalized spacial score (nSPS) is 18.1. The number of aryl methyl sites for hydroxylation is 1. The Labute approximate surface area is 185 Å². The average Bonchev–Trinajstić information content (AvgIpc) is 3.29. The maximum atomic E-state index is 13.5. The SMILES string of the molecule is Cc1ccnn1-c1ccc(C(=O)N2C[C@@H](C(=O)N3CCOCC3)Oc3ccccc32)cc1. The summed E-state index contributed by atoms with van der Waals surface area (Å²) in [6.45, 7) is 4.22. The highest BCUT2D eigenvalue weighted by atomic mass is 16.5. The molecule has 0 unspecified atom stereocenters. The predicted octanol–water partition coefficient (Wildman–Crippen LogP) is 2.45. The van der Waals surface area contributed by atoms with E-state index in [0.29, 0.717) is 43.3 Å². The van der Waals surface area contributed by atoms with Gasteiger partial charge in [0.25, 0.3) is 11.8 Å². The lowest BCUT2D eigenvalue weighted by Crippen LogP contribution is -2.54. The number of anilines is 1. The zero-order valence-corrected chi connectivity index (χ0v) is 17.8. The molecule has 8 nitrogen and oxygen atoms in total. The van der Waals surface area contributed by atoms with Gasteiger partial charge in [0, 0.05) is 30.5 Å². The predicted molar refractivity (Wildman–Crippen MR) is 118 cm³/mol. The molecule has 0 radical (unpaired) electrons. The van der Waals surface area contributed by atoms with E-state index in [-0.39, 0.29) is 18.4 Å². The zero-order valence-electron chi connectivity index (χ0n) is 17.8. The first kappa shape index (κ1) is 20.3. The Kier molecular flexibility index (Phi) is 5.36. The molecule has 8 heteroatoms. The van der Waals surface area contributed by atoms with Crippen LogP contribution in [0.5, 0.6) is 5.75 Å². The summed E-state index contributed by atoms with van der Waals surface area (Å²) in [5, 5.41) is 4.31. The van der Waals surface area contributed by atoms with Gasteiger partial charge in [0.15, 0.2) is 6.10 Å². The number of benzene rings is 2. The molecule has 5 rings (SSSR count). The molecule has 2 aliphatic rings. The van der Waals surface area contributed by atoms with Crippen molar-refractivity contribution in [1.82, 2.24) is 14.7 Å². The fourth-order valence-electron chi connectivity index (χ4n) is 4.08. The molecule has 32 heavy (non-hydrogen) atoms. The van der Waals surface area contributed by atoms with Crippen LogP contribution in [0.3, 0.4) is 0 Å². The van der Waals surface area contributed by atoms with Gasteiger partial charge >= 0.3 is 0 Å². The highest BCUT2D eigenvalue weighted by Gasteiger charge is 2.36. The summed E-state index contributed by atoms with van der Waals surface area (Å²) in [7, 11) is 0. The van der Waals surface area contributed by atoms with Gasteiger partial charge in [-0.05, 0) is 49.4 Å². The molecule has 2 amide bonds. The first-order valence-corrected chi connectivity index (χ1v) is 10.7. The van der Waals surface area contributed by atoms with Gasteiger partial charge in [-0.2, -0.15) is 5.10 Å². The lowest BCUT2D eigenvalue weighted by molar-refractivity contribution is -0.142. The van der Waals surface area contributed by atoms with E-state index >= 15 is 0 Å². The molecule has 1 atom stereocenters. The van der Waals surface area contributed by atoms with E-state index in [0.717, 1.165) is 11.4 Å². The lowest BCUT2D eigenvalue weighted by Gasteiger charge is -2.37. The smallest absolute Gasteiger partial charge is 0.265 e. The molecule has 3 heterocycles. The highest BCUT2D eigenvalue weighted by molar-refractivity contribution is 6.08. The Balaban J connectivity index is 1.41. The second-order valence-corrected chi connectivity index (χ2v) is 7.86. The molecule has 1 fully saturated rings. The number of hydrogen-bond donors (Lipinski definition) is 0. The quantitative estimate of drug-likeness (QED) is 0.636. The van der Waals surface area contributed by atoms with Gasteiger partial charge in [-0.1, -0.05) is 12.1 Å². The number of amides is 2. The molecule has 0 saturated carbocycles. The summed E-state index contributed by atoms with van der Waals surface area (Å²) in [5.74, 6) is 0.233. The van der Waals surface area contributed by atoms with Crippen molar-refractivity contribution in [3.8, 4) is 11.4 Å². The Morgan fingerprint density at radius 3 is 2.47 bits per heavy atom. The van der Waals surface area contributed by atoms with E-state index < -0.39 is 6.10 Å². The van der Waals surface area contributed by atoms with Crippen molar-refractivity contribution in [1.29, 1.82) is 0 Å². The lowest BCUT2D eigenvalue weighted by atomic mass is 10.1. The average molecular weight is 432 g/mol. The Bertz CT molecular complexity index is 1130. The van der Waals surface area contributed by atoms with Crippen LogP contribution >= 0.6 is 0 Å². The number of carbonyl (C=O) groups excluding carboxylic acids is 2. The van der Waals surface area contributed by atoms with Crippen molar-refractivity contribution in [3.05, 3.63) is 72.1 Å². The van der Waals surface area contributed by atoms with Crippen molar-refractivity contribution >= 4 is 17.5 Å². The molecule has 1 saturated heterocycles. The minimum atomic E-state index is -0.752. The number of para-hydroxylation sites is 2. The number of nitrogens with zero attached hydrogens (tertiary/aromatic N) is 4. The molecule has 1 aromatic heterocycles. The molecule has 0 bridgehead atoms. The number of hydrogen-bond acceptors (Lipinski definition) is 5. The van der Waals surface area contributed by atoms with Crippen LogP contribution in [0.1, 0.15) is 16.1 Å². The number of rotatable bonds is 3. The van der Waals surface area contributed by atoms with Gasteiger partial charge < -0.3 is 19.3 Å². The molecular weight excluding hydrogens is 408 g/mol. The van der Waals surface area contributed by atoms with Crippen molar-refractivity contribution in [2.45, 2.75) is 13.0 Å². The second kappa shape index (κ2) is 8.47. The largest absolute Gasteiger partial charge is 0.476 e. The topological polar surface area (TPSA) is 76.9 Å². The number of aromatic nitrogens is 2. The van der Waals surface area contributed by atoms with Gasteiger partial charge in [-0.25, -0.2) is 4.68 Å². The number of morpholine rings is 1. The van der Waals surface area contributed by atoms with Crippen LogP contribution in [0.2, 0.25) is 0 Å². The first-order valence-electron chi connectivity index (χ1n) is 10.7. The Hall–Kier alpha value is -3.65. The van der Waals surface area contributed by atoms with Crippen LogP contribution in [0.15, 0.2) is 60.8 Å². The summed E-state index contributed by atoms with van der Waals surface area (Å²) >= 11 is 0. The van der Waals surface area contributed by atoms with Gasteiger partial charge in [0.1, 0.15) is 5.75 Å². The van der Waals surface area contributed by atoms with Crippen LogP contribution in [0.25, 0.3) is 5.69 Å². The molecule has 0 N–H and O–H groups in total. The second-order valence-electron chi connectivity index (χ2n) is 7.86. The van der Waals surface area contributed by atoms with Crippen LogP contribution < -0.4 is 9.64 Å². The maximum Gasteiger partial charge on any atom is 0.265 e. The van der Waals surface area contributed by atoms with E-state index in [1.54, 1.807) is 34.2 Å². The van der Waals surface area contributed by atoms with Crippen LogP contribution in [0, 0.1) is 6.92 Å². The number of fused-ring (bicyclic) bond motifs is 1. The van der Waals surface area contributed by atoms with Gasteiger partial charge in [0.05, 0.1) is 31.1 Å². The van der Waals surface area contributed by atoms with Gasteiger partial charge in [-0.15, -0.1) is 0 Å². The third-order valence-corrected chi connectivity index (χ3v) is 5.81. The van der Waals surface area contributed by atoms with E-state index in [2.05, 4.69) is 5.10 Å². The van der Waals surface area contributed by atoms with E-state index in [1.807, 2.05) is 48.0 Å². The molecule has 2 aliphatic heterocycles. The van der Waals surface area contributed by atoms with Crippen LogP contribution in [-0.2, 0) is 9.53 Å². The third-order valence-electron chi connectivity index (χ3n) is 5.81. The summed E-state index contributed by atoms with van der Waals surface area (Å²) in [5.41, 5.74) is 3.09. The zero-order chi connectivity index (χ0) is 22.1. The Morgan fingerprint density at radius 1 is 1.00 bits per heavy atom. The van der Waals surface area contributed by atoms with Gasteiger partial charge in [0.2, 0.25) is 0 Å². The van der Waals surface area contributed by atoms with E-state index in [4.69, 9.17) is 9.47 Å². The third kappa shape index (κ3) is 3.73. The van der Waals surface area contributed by atoms with E-state index in [9.17, 15) is 9.59 Å². The highest BCUT2D eigenvalue weighted by Crippen LogP contribution is 2.34. The summed E-state index contributed by atoms with van der Waals surface area (Å²) in [4.78, 5) is 29.9. The minimum absolute atomic E-state index is 0.120. The van der Waals surface area contributed by atoms with Crippen molar-refractivity contribution in [3.63, 3.8) is 0 Å². The minimum Gasteiger partial charge on any atom is -0.476 e. The maximum absolute atomic E-state index is 13.5. The molecule has 2 aromatic carbocycles. The molecule has 164 valence electrons. The van der Waals surface area contributed by atoms with Crippen molar-refractivity contribution in [2.24, 2.45) is 0 Å². The molecule has 0 spiro atoms. The van der Waals surface area contributed by atoms with E-state index in [1.165, 1.54) is 0 Å². The monoisotopic (exact) mass is 432 g/mol. The number of carbonyl (C=O) groups is 2. The first-order chi connectivity index (χ1) is 15.6. The van der Waals surface area contributed by atoms with Crippen molar-refractivity contribution in [2.75, 3.05) is 37.7 Å². The van der Waals surface area contributed by atoms with Crippen LogP contribution in [0.4, 0.5) is 5.69 Å². The molecule has 3 aromatic rings. The van der Waals surface area contributed by atoms with Crippen molar-refractivity contribution < 1.29 is 19.1 Å².